The van der Waals surface area contributed by atoms with Gasteiger partial charge in [0.05, 0.1) is 7.11 Å². The Labute approximate surface area is 112 Å². The van der Waals surface area contributed by atoms with Gasteiger partial charge in [-0.05, 0) is 51.2 Å². The predicted molar refractivity (Wildman–Crippen MR) is 70.9 cm³/mol. The number of nitrogens with one attached hydrogen (secondary N) is 1. The predicted octanol–water partition coefficient (Wildman–Crippen LogP) is 1.66. The van der Waals surface area contributed by atoms with E-state index >= 15 is 0 Å². The third kappa shape index (κ3) is 3.44. The maximum absolute atomic E-state index is 13.3. The monoisotopic (exact) mass is 266 g/mol. The van der Waals surface area contributed by atoms with Crippen molar-refractivity contribution >= 4 is 5.91 Å². The van der Waals surface area contributed by atoms with E-state index in [9.17, 15) is 9.18 Å². The standard InChI is InChI=1S/C14H19FN2O2/c1-17-7-5-11(6-8-17)16-14(18)10-3-4-12(15)13(9-10)19-2/h3-4,9,11H,5-8H2,1-2H3,(H,16,18). The lowest BCUT2D eigenvalue weighted by Crippen LogP contribution is -2.43. The number of likely N-dealkylation sites (tertiary alicyclic amines) is 1. The highest BCUT2D eigenvalue weighted by molar-refractivity contribution is 5.94. The summed E-state index contributed by atoms with van der Waals surface area (Å²) in [7, 11) is 3.46. The molecule has 104 valence electrons. The molecule has 0 unspecified atom stereocenters. The molecule has 4 nitrogen and oxygen atoms in total. The van der Waals surface area contributed by atoms with Crippen molar-refractivity contribution in [1.82, 2.24) is 10.2 Å². The minimum atomic E-state index is -0.460. The van der Waals surface area contributed by atoms with Crippen molar-refractivity contribution in [2.75, 3.05) is 27.2 Å². The minimum Gasteiger partial charge on any atom is -0.494 e. The van der Waals surface area contributed by atoms with E-state index < -0.39 is 5.82 Å². The van der Waals surface area contributed by atoms with Gasteiger partial charge in [0.1, 0.15) is 0 Å². The van der Waals surface area contributed by atoms with Gasteiger partial charge >= 0.3 is 0 Å². The Bertz CT molecular complexity index is 457. The number of carbonyl (C=O) groups excluding carboxylic acids is 1. The Hall–Kier alpha value is -1.62. The molecule has 19 heavy (non-hydrogen) atoms. The third-order valence-electron chi connectivity index (χ3n) is 3.47. The zero-order chi connectivity index (χ0) is 13.8. The first kappa shape index (κ1) is 13.8. The Morgan fingerprint density at radius 2 is 2.11 bits per heavy atom. The lowest BCUT2D eigenvalue weighted by Gasteiger charge is -2.29. The smallest absolute Gasteiger partial charge is 0.251 e. The number of halogens is 1. The summed E-state index contributed by atoms with van der Waals surface area (Å²) in [5.41, 5.74) is 0.428. The van der Waals surface area contributed by atoms with Gasteiger partial charge < -0.3 is 15.0 Å². The average molecular weight is 266 g/mol. The summed E-state index contributed by atoms with van der Waals surface area (Å²) in [5.74, 6) is -0.540. The quantitative estimate of drug-likeness (QED) is 0.904. The van der Waals surface area contributed by atoms with Crippen LogP contribution in [0.3, 0.4) is 0 Å². The summed E-state index contributed by atoms with van der Waals surface area (Å²) in [5, 5.41) is 2.98. The molecule has 1 saturated heterocycles. The fraction of sp³-hybridized carbons (Fsp3) is 0.500. The van der Waals surface area contributed by atoms with E-state index in [0.717, 1.165) is 25.9 Å². The fourth-order valence-electron chi connectivity index (χ4n) is 2.22. The Balaban J connectivity index is 2.00. The molecule has 0 saturated carbocycles. The molecular weight excluding hydrogens is 247 g/mol. The van der Waals surface area contributed by atoms with Crippen molar-refractivity contribution in [1.29, 1.82) is 0 Å². The molecule has 0 aromatic heterocycles. The highest BCUT2D eigenvalue weighted by Crippen LogP contribution is 2.18. The van der Waals surface area contributed by atoms with E-state index in [1.807, 2.05) is 0 Å². The van der Waals surface area contributed by atoms with Crippen molar-refractivity contribution < 1.29 is 13.9 Å². The van der Waals surface area contributed by atoms with Crippen LogP contribution < -0.4 is 10.1 Å². The van der Waals surface area contributed by atoms with Crippen LogP contribution >= 0.6 is 0 Å². The summed E-state index contributed by atoms with van der Waals surface area (Å²) in [6.07, 6.45) is 1.89. The van der Waals surface area contributed by atoms with Crippen molar-refractivity contribution in [3.63, 3.8) is 0 Å². The van der Waals surface area contributed by atoms with Crippen LogP contribution in [0.5, 0.6) is 5.75 Å². The van der Waals surface area contributed by atoms with Gasteiger partial charge in [0.25, 0.3) is 5.91 Å². The number of piperidine rings is 1. The van der Waals surface area contributed by atoms with E-state index in [1.54, 1.807) is 0 Å². The van der Waals surface area contributed by atoms with Crippen molar-refractivity contribution in [2.45, 2.75) is 18.9 Å². The van der Waals surface area contributed by atoms with Gasteiger partial charge in [-0.1, -0.05) is 0 Å². The number of amides is 1. The van der Waals surface area contributed by atoms with Crippen molar-refractivity contribution in [3.05, 3.63) is 29.6 Å². The Kier molecular flexibility index (Phi) is 4.37. The summed E-state index contributed by atoms with van der Waals surface area (Å²) < 4.78 is 18.2. The molecule has 0 aliphatic carbocycles. The number of ether oxygens (including phenoxy) is 1. The maximum Gasteiger partial charge on any atom is 0.251 e. The zero-order valence-electron chi connectivity index (χ0n) is 11.3. The molecule has 0 spiro atoms. The Morgan fingerprint density at radius 1 is 1.42 bits per heavy atom. The molecule has 1 aliphatic heterocycles. The molecular formula is C14H19FN2O2. The van der Waals surface area contributed by atoms with Crippen LogP contribution in [0.15, 0.2) is 18.2 Å². The molecule has 1 amide bonds. The average Bonchev–Trinajstić information content (AvgIpc) is 2.42. The van der Waals surface area contributed by atoms with Gasteiger partial charge in [0.2, 0.25) is 0 Å². The number of nitrogens with zero attached hydrogens (tertiary/aromatic N) is 1. The molecule has 0 radical (unpaired) electrons. The van der Waals surface area contributed by atoms with Crippen LogP contribution in [0.2, 0.25) is 0 Å². The highest BCUT2D eigenvalue weighted by Gasteiger charge is 2.19. The normalized spacial score (nSPS) is 17.2. The molecule has 2 rings (SSSR count). The van der Waals surface area contributed by atoms with E-state index in [-0.39, 0.29) is 17.7 Å². The van der Waals surface area contributed by atoms with Crippen molar-refractivity contribution in [2.24, 2.45) is 0 Å². The van der Waals surface area contributed by atoms with Crippen LogP contribution in [0.1, 0.15) is 23.2 Å². The van der Waals surface area contributed by atoms with Gasteiger partial charge in [0, 0.05) is 11.6 Å². The van der Waals surface area contributed by atoms with Crippen molar-refractivity contribution in [3.8, 4) is 5.75 Å². The molecule has 5 heteroatoms. The number of methoxy groups -OCH3 is 1. The number of benzene rings is 1. The lowest BCUT2D eigenvalue weighted by atomic mass is 10.0. The van der Waals surface area contributed by atoms with Crippen LogP contribution in [-0.2, 0) is 0 Å². The Morgan fingerprint density at radius 3 is 2.74 bits per heavy atom. The maximum atomic E-state index is 13.3. The number of carbonyl (C=O) groups is 1. The molecule has 0 bridgehead atoms. The zero-order valence-corrected chi connectivity index (χ0v) is 11.3. The highest BCUT2D eigenvalue weighted by atomic mass is 19.1. The first-order chi connectivity index (χ1) is 9.10. The second-order valence-electron chi connectivity index (χ2n) is 4.90. The number of hydrogen-bond donors (Lipinski definition) is 1. The van der Waals surface area contributed by atoms with Gasteiger partial charge in [0.15, 0.2) is 11.6 Å². The summed E-state index contributed by atoms with van der Waals surface area (Å²) >= 11 is 0. The van der Waals surface area contributed by atoms with Gasteiger partial charge in [-0.2, -0.15) is 0 Å². The summed E-state index contributed by atoms with van der Waals surface area (Å²) in [4.78, 5) is 14.3. The summed E-state index contributed by atoms with van der Waals surface area (Å²) in [6, 6.07) is 4.35. The minimum absolute atomic E-state index is 0.0935. The second kappa shape index (κ2) is 6.02. The number of hydrogen-bond acceptors (Lipinski definition) is 3. The summed E-state index contributed by atoms with van der Waals surface area (Å²) in [6.45, 7) is 1.97. The second-order valence-corrected chi connectivity index (χ2v) is 4.90. The molecule has 0 atom stereocenters. The van der Waals surface area contributed by atoms with Gasteiger partial charge in [-0.3, -0.25) is 4.79 Å². The lowest BCUT2D eigenvalue weighted by molar-refractivity contribution is 0.0916. The first-order valence-electron chi connectivity index (χ1n) is 6.43. The van der Waals surface area contributed by atoms with Gasteiger partial charge in [-0.15, -0.1) is 0 Å². The van der Waals surface area contributed by atoms with E-state index in [1.165, 1.54) is 25.3 Å². The van der Waals surface area contributed by atoms with Crippen LogP contribution in [0.4, 0.5) is 4.39 Å². The fourth-order valence-corrected chi connectivity index (χ4v) is 2.22. The third-order valence-corrected chi connectivity index (χ3v) is 3.47. The SMILES string of the molecule is COc1cc(C(=O)NC2CCN(C)CC2)ccc1F. The molecule has 1 aromatic carbocycles. The first-order valence-corrected chi connectivity index (χ1v) is 6.43. The topological polar surface area (TPSA) is 41.6 Å². The van der Waals surface area contributed by atoms with E-state index in [4.69, 9.17) is 4.74 Å². The van der Waals surface area contributed by atoms with Crippen LogP contribution in [-0.4, -0.2) is 44.1 Å². The molecule has 1 fully saturated rings. The largest absolute Gasteiger partial charge is 0.494 e. The van der Waals surface area contributed by atoms with Gasteiger partial charge in [-0.25, -0.2) is 4.39 Å². The molecule has 1 N–H and O–H groups in total. The number of rotatable bonds is 3. The van der Waals surface area contributed by atoms with E-state index in [2.05, 4.69) is 17.3 Å². The molecule has 1 aliphatic rings. The van der Waals surface area contributed by atoms with E-state index in [0.29, 0.717) is 5.56 Å². The molecule has 1 aromatic rings. The molecule has 1 heterocycles. The van der Waals surface area contributed by atoms with Crippen LogP contribution in [0, 0.1) is 5.82 Å². The van der Waals surface area contributed by atoms with Crippen LogP contribution in [0.25, 0.3) is 0 Å².